The van der Waals surface area contributed by atoms with Crippen molar-refractivity contribution >= 4 is 11.5 Å². The number of hydrogen-bond acceptors (Lipinski definition) is 2. The van der Waals surface area contributed by atoms with Crippen LogP contribution in [0.25, 0.3) is 0 Å². The lowest BCUT2D eigenvalue weighted by Gasteiger charge is -2.24. The number of hydrogen-bond donors (Lipinski definition) is 0. The zero-order valence-corrected chi connectivity index (χ0v) is 10.5. The maximum absolute atomic E-state index is 13.9. The Balaban J connectivity index is 2.41. The molecule has 0 amide bonds. The summed E-state index contributed by atoms with van der Waals surface area (Å²) in [6.07, 6.45) is 0.428. The minimum atomic E-state index is -0.183. The molecule has 1 aliphatic rings. The van der Waals surface area contributed by atoms with Gasteiger partial charge < -0.3 is 9.69 Å². The normalized spacial score (nSPS) is 18.6. The van der Waals surface area contributed by atoms with E-state index in [1.807, 2.05) is 6.07 Å². The smallest absolute Gasteiger partial charge is 0.130 e. The molecule has 0 spiro atoms. The van der Waals surface area contributed by atoms with Gasteiger partial charge in [-0.05, 0) is 32.9 Å². The fraction of sp³-hybridized carbons (Fsp3) is 0.500. The molecule has 3 heteroatoms. The van der Waals surface area contributed by atoms with E-state index < -0.39 is 0 Å². The van der Waals surface area contributed by atoms with E-state index >= 15 is 0 Å². The zero-order valence-electron chi connectivity index (χ0n) is 10.5. The molecule has 1 heterocycles. The van der Waals surface area contributed by atoms with Gasteiger partial charge in [-0.25, -0.2) is 4.39 Å². The van der Waals surface area contributed by atoms with Gasteiger partial charge in [-0.1, -0.05) is 6.07 Å². The van der Waals surface area contributed by atoms with Crippen LogP contribution in [-0.2, 0) is 4.79 Å². The van der Waals surface area contributed by atoms with E-state index in [1.165, 1.54) is 6.07 Å². The van der Waals surface area contributed by atoms with E-state index in [2.05, 4.69) is 18.7 Å². The fourth-order valence-electron chi connectivity index (χ4n) is 2.61. The van der Waals surface area contributed by atoms with Gasteiger partial charge in [0.05, 0.1) is 0 Å². The Kier molecular flexibility index (Phi) is 3.18. The van der Waals surface area contributed by atoms with Gasteiger partial charge in [0.2, 0.25) is 0 Å². The molecular weight excluding hydrogens is 217 g/mol. The first kappa shape index (κ1) is 12.1. The van der Waals surface area contributed by atoms with Crippen molar-refractivity contribution in [3.05, 3.63) is 29.6 Å². The maximum Gasteiger partial charge on any atom is 0.130 e. The molecule has 0 aromatic heterocycles. The third-order valence-corrected chi connectivity index (χ3v) is 3.32. The van der Waals surface area contributed by atoms with Crippen LogP contribution in [0.15, 0.2) is 18.2 Å². The lowest BCUT2D eigenvalue weighted by Crippen LogP contribution is -2.29. The molecule has 1 unspecified atom stereocenters. The highest BCUT2D eigenvalue weighted by molar-refractivity contribution is 5.78. The van der Waals surface area contributed by atoms with Crippen LogP contribution in [-0.4, -0.2) is 18.4 Å². The van der Waals surface area contributed by atoms with Crippen LogP contribution in [0.5, 0.6) is 0 Å². The summed E-state index contributed by atoms with van der Waals surface area (Å²) in [7, 11) is 0. The van der Waals surface area contributed by atoms with E-state index in [-0.39, 0.29) is 17.5 Å². The molecule has 92 valence electrons. The van der Waals surface area contributed by atoms with E-state index in [9.17, 15) is 9.18 Å². The number of anilines is 1. The maximum atomic E-state index is 13.9. The Morgan fingerprint density at radius 3 is 2.82 bits per heavy atom. The van der Waals surface area contributed by atoms with Crippen LogP contribution in [0, 0.1) is 5.82 Å². The van der Waals surface area contributed by atoms with Crippen molar-refractivity contribution in [3.8, 4) is 0 Å². The molecule has 0 radical (unpaired) electrons. The lowest BCUT2D eigenvalue weighted by atomic mass is 9.96. The Morgan fingerprint density at radius 1 is 1.53 bits per heavy atom. The van der Waals surface area contributed by atoms with Gasteiger partial charge in [0, 0.05) is 36.2 Å². The number of rotatable bonds is 3. The summed E-state index contributed by atoms with van der Waals surface area (Å²) in [6, 6.07) is 5.49. The first-order chi connectivity index (χ1) is 8.00. The summed E-state index contributed by atoms with van der Waals surface area (Å²) in [6.45, 7) is 6.49. The number of halogens is 1. The molecule has 1 atom stereocenters. The SMILES string of the molecule is CC(=O)CC1CN(C(C)C)c2cccc(F)c21. The third kappa shape index (κ3) is 2.19. The van der Waals surface area contributed by atoms with Crippen molar-refractivity contribution in [1.82, 2.24) is 0 Å². The topological polar surface area (TPSA) is 20.3 Å². The minimum absolute atomic E-state index is 0.00565. The second-order valence-corrected chi connectivity index (χ2v) is 5.02. The minimum Gasteiger partial charge on any atom is -0.368 e. The highest BCUT2D eigenvalue weighted by atomic mass is 19.1. The second-order valence-electron chi connectivity index (χ2n) is 5.02. The highest BCUT2D eigenvalue weighted by Gasteiger charge is 2.32. The number of benzene rings is 1. The number of Topliss-reactive ketones (excluding diaryl/α,β-unsaturated/α-hetero) is 1. The molecule has 0 N–H and O–H groups in total. The molecule has 2 nitrogen and oxygen atoms in total. The van der Waals surface area contributed by atoms with Crippen molar-refractivity contribution in [3.63, 3.8) is 0 Å². The van der Waals surface area contributed by atoms with Crippen molar-refractivity contribution in [1.29, 1.82) is 0 Å². The van der Waals surface area contributed by atoms with Gasteiger partial charge in [0.1, 0.15) is 11.6 Å². The molecule has 1 aliphatic heterocycles. The lowest BCUT2D eigenvalue weighted by molar-refractivity contribution is -0.117. The van der Waals surface area contributed by atoms with Crippen LogP contribution in [0.1, 0.15) is 38.7 Å². The summed E-state index contributed by atoms with van der Waals surface area (Å²) in [5.74, 6) is -0.0576. The second kappa shape index (κ2) is 4.47. The summed E-state index contributed by atoms with van der Waals surface area (Å²) in [5, 5.41) is 0. The molecule has 1 aromatic carbocycles. The fourth-order valence-corrected chi connectivity index (χ4v) is 2.61. The first-order valence-electron chi connectivity index (χ1n) is 6.05. The van der Waals surface area contributed by atoms with E-state index in [0.29, 0.717) is 12.5 Å². The van der Waals surface area contributed by atoms with Crippen molar-refractivity contribution in [2.45, 2.75) is 39.2 Å². The Bertz CT molecular complexity index is 442. The number of carbonyl (C=O) groups excluding carboxylic acids is 1. The Hall–Kier alpha value is -1.38. The van der Waals surface area contributed by atoms with Gasteiger partial charge in [-0.3, -0.25) is 0 Å². The van der Waals surface area contributed by atoms with E-state index in [4.69, 9.17) is 0 Å². The van der Waals surface area contributed by atoms with Gasteiger partial charge in [-0.2, -0.15) is 0 Å². The predicted molar refractivity (Wildman–Crippen MR) is 66.9 cm³/mol. The Morgan fingerprint density at radius 2 is 2.24 bits per heavy atom. The van der Waals surface area contributed by atoms with Crippen molar-refractivity contribution < 1.29 is 9.18 Å². The van der Waals surface area contributed by atoms with Crippen LogP contribution in [0.4, 0.5) is 10.1 Å². The predicted octanol–water partition coefficient (Wildman–Crippen LogP) is 3.12. The molecule has 17 heavy (non-hydrogen) atoms. The van der Waals surface area contributed by atoms with Crippen LogP contribution in [0.2, 0.25) is 0 Å². The van der Waals surface area contributed by atoms with Gasteiger partial charge in [-0.15, -0.1) is 0 Å². The van der Waals surface area contributed by atoms with Gasteiger partial charge >= 0.3 is 0 Å². The molecule has 0 saturated carbocycles. The van der Waals surface area contributed by atoms with Crippen molar-refractivity contribution in [2.24, 2.45) is 0 Å². The number of ketones is 1. The molecule has 0 saturated heterocycles. The molecule has 1 aromatic rings. The first-order valence-corrected chi connectivity index (χ1v) is 6.05. The van der Waals surface area contributed by atoms with Crippen LogP contribution >= 0.6 is 0 Å². The summed E-state index contributed by atoms with van der Waals surface area (Å²) in [5.41, 5.74) is 1.67. The van der Waals surface area contributed by atoms with E-state index in [1.54, 1.807) is 13.0 Å². The van der Waals surface area contributed by atoms with Crippen LogP contribution < -0.4 is 4.90 Å². The van der Waals surface area contributed by atoms with Gasteiger partial charge in [0.25, 0.3) is 0 Å². The highest BCUT2D eigenvalue weighted by Crippen LogP contribution is 2.40. The summed E-state index contributed by atoms with van der Waals surface area (Å²) in [4.78, 5) is 13.4. The molecule has 2 rings (SSSR count). The molecule has 0 aliphatic carbocycles. The number of nitrogens with zero attached hydrogens (tertiary/aromatic N) is 1. The molecular formula is C14H18FNO. The van der Waals surface area contributed by atoms with Gasteiger partial charge in [0.15, 0.2) is 0 Å². The average Bonchev–Trinajstić information content (AvgIpc) is 2.57. The number of fused-ring (bicyclic) bond motifs is 1. The number of carbonyl (C=O) groups is 1. The van der Waals surface area contributed by atoms with Crippen LogP contribution in [0.3, 0.4) is 0 Å². The summed E-state index contributed by atoms with van der Waals surface area (Å²) >= 11 is 0. The summed E-state index contributed by atoms with van der Waals surface area (Å²) < 4.78 is 13.9. The standard InChI is InChI=1S/C14H18FNO/c1-9(2)16-8-11(7-10(3)17)14-12(15)5-4-6-13(14)16/h4-6,9,11H,7-8H2,1-3H3. The van der Waals surface area contributed by atoms with Crippen molar-refractivity contribution in [2.75, 3.05) is 11.4 Å². The Labute approximate surface area is 101 Å². The molecule has 0 fully saturated rings. The largest absolute Gasteiger partial charge is 0.368 e. The molecule has 0 bridgehead atoms. The third-order valence-electron chi connectivity index (χ3n) is 3.32. The van der Waals surface area contributed by atoms with E-state index in [0.717, 1.165) is 17.8 Å². The monoisotopic (exact) mass is 235 g/mol. The quantitative estimate of drug-likeness (QED) is 0.802. The zero-order chi connectivity index (χ0) is 12.6. The average molecular weight is 235 g/mol.